The van der Waals surface area contributed by atoms with Crippen molar-refractivity contribution in [2.24, 2.45) is 0 Å². The van der Waals surface area contributed by atoms with E-state index >= 15 is 0 Å². The Morgan fingerprint density at radius 3 is 2.61 bits per heavy atom. The maximum Gasteiger partial charge on any atom is 0.121 e. The van der Waals surface area contributed by atoms with E-state index in [0.717, 1.165) is 17.0 Å². The Bertz CT molecular complexity index is 530. The van der Waals surface area contributed by atoms with Crippen molar-refractivity contribution in [3.63, 3.8) is 0 Å². The van der Waals surface area contributed by atoms with Gasteiger partial charge in [-0.15, -0.1) is 0 Å². The van der Waals surface area contributed by atoms with Crippen LogP contribution in [0, 0.1) is 0 Å². The fraction of sp³-hybridized carbons (Fsp3) is 0.0714. The van der Waals surface area contributed by atoms with E-state index in [2.05, 4.69) is 14.6 Å². The number of ether oxygens (including phenoxy) is 1. The topological polar surface area (TPSA) is 21.3 Å². The average Bonchev–Trinajstić information content (AvgIpc) is 2.37. The van der Waals surface area contributed by atoms with Crippen LogP contribution in [0.25, 0.3) is 0 Å². The number of hydrogen-bond acceptors (Lipinski definition) is 2. The van der Waals surface area contributed by atoms with Gasteiger partial charge in [-0.3, -0.25) is 0 Å². The zero-order valence-corrected chi connectivity index (χ0v) is 11.8. The molecule has 1 atom stereocenters. The van der Waals surface area contributed by atoms with Gasteiger partial charge in [0.2, 0.25) is 0 Å². The van der Waals surface area contributed by atoms with E-state index in [1.165, 1.54) is 0 Å². The number of hydrogen-bond donors (Lipinski definition) is 1. The number of benzene rings is 2. The van der Waals surface area contributed by atoms with Crippen LogP contribution in [0.2, 0.25) is 0 Å². The summed E-state index contributed by atoms with van der Waals surface area (Å²) >= 11 is 4.97. The van der Waals surface area contributed by atoms with Crippen LogP contribution >= 0.6 is 21.5 Å². The first-order chi connectivity index (χ1) is 8.74. The molecule has 0 saturated heterocycles. The second-order valence-electron chi connectivity index (χ2n) is 3.79. The summed E-state index contributed by atoms with van der Waals surface area (Å²) in [6.07, 6.45) is 0. The number of thiocarbonyl (C=S) groups is 1. The lowest BCUT2D eigenvalue weighted by Gasteiger charge is -2.09. The third kappa shape index (κ3) is 4.10. The molecule has 1 N–H and O–H groups in total. The summed E-state index contributed by atoms with van der Waals surface area (Å²) in [5, 5.41) is 3.06. The molecule has 4 heteroatoms. The van der Waals surface area contributed by atoms with Crippen LogP contribution in [-0.4, -0.2) is 4.73 Å². The molecule has 2 nitrogen and oxygen atoms in total. The summed E-state index contributed by atoms with van der Waals surface area (Å²) in [4.78, 5) is 0. The van der Waals surface area contributed by atoms with Gasteiger partial charge in [0.25, 0.3) is 0 Å². The Balaban J connectivity index is 1.99. The van der Waals surface area contributed by atoms with Gasteiger partial charge in [-0.05, 0) is 17.7 Å². The van der Waals surface area contributed by atoms with Gasteiger partial charge in [-0.1, -0.05) is 57.9 Å². The van der Waals surface area contributed by atoms with Gasteiger partial charge in [0.15, 0.2) is 0 Å². The van der Waals surface area contributed by atoms with Gasteiger partial charge in [0, 0.05) is 11.8 Å². The molecule has 0 spiro atoms. The fourth-order valence-electron chi connectivity index (χ4n) is 1.55. The summed E-state index contributed by atoms with van der Waals surface area (Å²) in [5.41, 5.74) is 2.08. The van der Waals surface area contributed by atoms with E-state index in [0.29, 0.717) is 11.3 Å². The first-order valence-corrected chi connectivity index (χ1v) is 6.56. The Labute approximate surface area is 115 Å². The highest BCUT2D eigenvalue weighted by molar-refractivity contribution is 7.90. The monoisotopic (exact) mass is 275 g/mol. The Kier molecular flexibility index (Phi) is 4.68. The Morgan fingerprint density at radius 1 is 1.11 bits per heavy atom. The molecule has 0 aliphatic rings. The zero-order valence-electron chi connectivity index (χ0n) is 9.80. The van der Waals surface area contributed by atoms with Crippen LogP contribution in [0.4, 0.5) is 5.69 Å². The second-order valence-corrected chi connectivity index (χ2v) is 5.23. The van der Waals surface area contributed by atoms with Crippen LogP contribution in [0.15, 0.2) is 54.6 Å². The summed E-state index contributed by atoms with van der Waals surface area (Å²) in [6.45, 7) is 0.565. The van der Waals surface area contributed by atoms with Crippen molar-refractivity contribution in [3.05, 3.63) is 60.2 Å². The first-order valence-electron chi connectivity index (χ1n) is 5.57. The molecule has 92 valence electrons. The molecule has 2 rings (SSSR count). The third-order valence-corrected chi connectivity index (χ3v) is 2.60. The van der Waals surface area contributed by atoms with Crippen LogP contribution in [0.3, 0.4) is 0 Å². The molecular formula is C14H14NOPS. The Hall–Kier alpha value is -1.44. The minimum Gasteiger partial charge on any atom is -0.489 e. The first kappa shape index (κ1) is 13.0. The van der Waals surface area contributed by atoms with Crippen LogP contribution < -0.4 is 10.1 Å². The molecule has 2 aromatic rings. The van der Waals surface area contributed by atoms with E-state index in [-0.39, 0.29) is 0 Å². The van der Waals surface area contributed by atoms with Crippen LogP contribution in [-0.2, 0) is 6.61 Å². The van der Waals surface area contributed by atoms with Gasteiger partial charge in [-0.25, -0.2) is 0 Å². The molecule has 0 aliphatic carbocycles. The molecule has 0 aromatic heterocycles. The molecule has 2 aromatic carbocycles. The minimum absolute atomic E-state index is 0.565. The summed E-state index contributed by atoms with van der Waals surface area (Å²) < 4.78 is 6.39. The lowest BCUT2D eigenvalue weighted by Crippen LogP contribution is -2.00. The SMILES string of the molecule is PC(=S)Nc1cccc(OCc2ccccc2)c1. The van der Waals surface area contributed by atoms with Gasteiger partial charge in [0.1, 0.15) is 12.4 Å². The predicted molar refractivity (Wildman–Crippen MR) is 83.1 cm³/mol. The fourth-order valence-corrected chi connectivity index (χ4v) is 1.83. The van der Waals surface area contributed by atoms with Gasteiger partial charge >= 0.3 is 0 Å². The number of nitrogens with one attached hydrogen (secondary N) is 1. The molecule has 0 bridgehead atoms. The highest BCUT2D eigenvalue weighted by Crippen LogP contribution is 2.19. The average molecular weight is 275 g/mol. The van der Waals surface area contributed by atoms with Gasteiger partial charge < -0.3 is 10.1 Å². The van der Waals surface area contributed by atoms with E-state index in [1.807, 2.05) is 54.6 Å². The summed E-state index contributed by atoms with van der Waals surface area (Å²) in [6, 6.07) is 17.8. The molecule has 0 fully saturated rings. The predicted octanol–water partition coefficient (Wildman–Crippen LogP) is 3.84. The summed E-state index contributed by atoms with van der Waals surface area (Å²) in [5.74, 6) is 0.824. The largest absolute Gasteiger partial charge is 0.489 e. The van der Waals surface area contributed by atoms with Crippen molar-refractivity contribution < 1.29 is 4.74 Å². The Morgan fingerprint density at radius 2 is 1.89 bits per heavy atom. The van der Waals surface area contributed by atoms with Gasteiger partial charge in [0.05, 0.1) is 4.73 Å². The van der Waals surface area contributed by atoms with Crippen molar-refractivity contribution in [1.29, 1.82) is 0 Å². The molecule has 0 saturated carbocycles. The molecule has 0 heterocycles. The van der Waals surface area contributed by atoms with Crippen LogP contribution in [0.1, 0.15) is 5.56 Å². The maximum atomic E-state index is 5.72. The van der Waals surface area contributed by atoms with Crippen molar-refractivity contribution in [3.8, 4) is 5.75 Å². The van der Waals surface area contributed by atoms with E-state index in [9.17, 15) is 0 Å². The zero-order chi connectivity index (χ0) is 12.8. The normalized spacial score (nSPS) is 9.83. The highest BCUT2D eigenvalue weighted by atomic mass is 32.1. The number of anilines is 1. The van der Waals surface area contributed by atoms with E-state index in [1.54, 1.807) is 0 Å². The third-order valence-electron chi connectivity index (χ3n) is 2.35. The van der Waals surface area contributed by atoms with Crippen molar-refractivity contribution >= 4 is 31.9 Å². The van der Waals surface area contributed by atoms with E-state index < -0.39 is 0 Å². The molecule has 0 aliphatic heterocycles. The van der Waals surface area contributed by atoms with E-state index in [4.69, 9.17) is 17.0 Å². The quantitative estimate of drug-likeness (QED) is 0.676. The standard InChI is InChI=1S/C14H14NOPS/c17-14(18)15-12-7-4-8-13(9-12)16-10-11-5-2-1-3-6-11/h1-9H,10,17H2,(H,15,18). The van der Waals surface area contributed by atoms with Crippen LogP contribution in [0.5, 0.6) is 5.75 Å². The van der Waals surface area contributed by atoms with Crippen molar-refractivity contribution in [1.82, 2.24) is 0 Å². The molecule has 1 unspecified atom stereocenters. The molecular weight excluding hydrogens is 261 g/mol. The number of rotatable bonds is 4. The minimum atomic E-state index is 0.565. The van der Waals surface area contributed by atoms with Gasteiger partial charge in [-0.2, -0.15) is 0 Å². The molecule has 18 heavy (non-hydrogen) atoms. The smallest absolute Gasteiger partial charge is 0.121 e. The molecule has 0 amide bonds. The summed E-state index contributed by atoms with van der Waals surface area (Å²) in [7, 11) is 2.45. The lowest BCUT2D eigenvalue weighted by atomic mass is 10.2. The maximum absolute atomic E-state index is 5.72. The highest BCUT2D eigenvalue weighted by Gasteiger charge is 1.98. The van der Waals surface area contributed by atoms with Crippen molar-refractivity contribution in [2.45, 2.75) is 6.61 Å². The molecule has 0 radical (unpaired) electrons. The van der Waals surface area contributed by atoms with Crippen molar-refractivity contribution in [2.75, 3.05) is 5.32 Å². The lowest BCUT2D eigenvalue weighted by molar-refractivity contribution is 0.306. The second kappa shape index (κ2) is 6.48.